The van der Waals surface area contributed by atoms with Crippen LogP contribution in [-0.2, 0) is 4.79 Å². The second-order valence-corrected chi connectivity index (χ2v) is 9.26. The molecule has 6 atom stereocenters. The molecule has 1 nitrogen and oxygen atoms in total. The second-order valence-electron chi connectivity index (χ2n) is 7.33. The van der Waals surface area contributed by atoms with Crippen LogP contribution in [0.5, 0.6) is 0 Å². The summed E-state index contributed by atoms with van der Waals surface area (Å²) in [6.45, 7) is 4.08. The molecule has 0 aliphatic heterocycles. The molecule has 0 radical (unpaired) electrons. The van der Waals surface area contributed by atoms with Gasteiger partial charge < -0.3 is 0 Å². The Labute approximate surface area is 162 Å². The average Bonchev–Trinajstić information content (AvgIpc) is 3.43. The molecule has 2 bridgehead atoms. The van der Waals surface area contributed by atoms with Crippen LogP contribution in [0.15, 0.2) is 72.0 Å². The Morgan fingerprint density at radius 3 is 2.54 bits per heavy atom. The zero-order valence-corrected chi connectivity index (χ0v) is 16.0. The predicted molar refractivity (Wildman–Crippen MR) is 111 cm³/mol. The molecule has 2 fully saturated rings. The maximum atomic E-state index is 13.1. The van der Waals surface area contributed by atoms with Gasteiger partial charge in [-0.15, -0.1) is 29.3 Å². The lowest BCUT2D eigenvalue weighted by Crippen LogP contribution is -2.32. The molecule has 2 heterocycles. The van der Waals surface area contributed by atoms with Crippen LogP contribution in [0.3, 0.4) is 0 Å². The molecule has 0 aromatic carbocycles. The van der Waals surface area contributed by atoms with Crippen LogP contribution in [0.4, 0.5) is 0 Å². The van der Waals surface area contributed by atoms with Crippen LogP contribution in [0.2, 0.25) is 0 Å². The molecule has 130 valence electrons. The minimum atomic E-state index is 0.0837. The molecule has 3 aliphatic rings. The monoisotopic (exact) mass is 376 g/mol. The molecule has 3 aliphatic carbocycles. The third-order valence-electron chi connectivity index (χ3n) is 6.18. The summed E-state index contributed by atoms with van der Waals surface area (Å²) < 4.78 is 0. The van der Waals surface area contributed by atoms with E-state index in [4.69, 9.17) is 0 Å². The zero-order valence-electron chi connectivity index (χ0n) is 14.3. The molecule has 3 heteroatoms. The van der Waals surface area contributed by atoms with E-state index in [1.54, 1.807) is 22.7 Å². The number of hydrogen-bond acceptors (Lipinski definition) is 3. The van der Waals surface area contributed by atoms with Gasteiger partial charge in [0.2, 0.25) is 0 Å². The summed E-state index contributed by atoms with van der Waals surface area (Å²) in [5.74, 6) is 1.81. The fourth-order valence-electron chi connectivity index (χ4n) is 5.14. The first-order valence-corrected chi connectivity index (χ1v) is 10.9. The van der Waals surface area contributed by atoms with Gasteiger partial charge in [0, 0.05) is 21.6 Å². The topological polar surface area (TPSA) is 17.1 Å². The fourth-order valence-corrected chi connectivity index (χ4v) is 6.50. The van der Waals surface area contributed by atoms with Crippen molar-refractivity contribution in [2.24, 2.45) is 35.5 Å². The number of fused-ring (bicyclic) bond motifs is 5. The fraction of sp³-hybridized carbons (Fsp3) is 0.261. The molecule has 0 N–H and O–H groups in total. The maximum absolute atomic E-state index is 13.1. The van der Waals surface area contributed by atoms with Crippen molar-refractivity contribution < 1.29 is 4.79 Å². The number of carbonyl (C=O) groups is 1. The molecule has 5 rings (SSSR count). The van der Waals surface area contributed by atoms with E-state index in [-0.39, 0.29) is 23.7 Å². The minimum Gasteiger partial charge on any atom is -0.299 e. The van der Waals surface area contributed by atoms with E-state index in [1.807, 2.05) is 6.08 Å². The van der Waals surface area contributed by atoms with Crippen LogP contribution in [-0.4, -0.2) is 5.78 Å². The maximum Gasteiger partial charge on any atom is 0.141 e. The van der Waals surface area contributed by atoms with Gasteiger partial charge in [0.1, 0.15) is 5.78 Å². The standard InChI is InChI=1S/C23H20OS2/c1-2-16-17(10-8-15-5-3-11-25-15)22-18-9-7-14(20-6-4-12-26-20)13-19(18)21(16)23(22)24/h2-13,16-19,21-22H,1H2/t16?,17?,18?,19?,21-,22+/m1/s1. The number of thiophene rings is 2. The second kappa shape index (κ2) is 6.33. The van der Waals surface area contributed by atoms with Crippen LogP contribution in [0, 0.1) is 35.5 Å². The van der Waals surface area contributed by atoms with E-state index >= 15 is 0 Å². The molecule has 0 spiro atoms. The summed E-state index contributed by atoms with van der Waals surface area (Å²) in [6.07, 6.45) is 13.4. The molecule has 0 saturated heterocycles. The third kappa shape index (κ3) is 2.38. The molecular weight excluding hydrogens is 356 g/mol. The highest BCUT2D eigenvalue weighted by Gasteiger charge is 2.61. The molecule has 4 unspecified atom stereocenters. The Bertz CT molecular complexity index is 900. The van der Waals surface area contributed by atoms with E-state index in [0.29, 0.717) is 17.6 Å². The predicted octanol–water partition coefficient (Wildman–Crippen LogP) is 5.96. The van der Waals surface area contributed by atoms with Crippen molar-refractivity contribution in [3.05, 3.63) is 81.7 Å². The van der Waals surface area contributed by atoms with Crippen LogP contribution in [0.25, 0.3) is 11.6 Å². The van der Waals surface area contributed by atoms with Gasteiger partial charge in [-0.05, 0) is 58.2 Å². The van der Waals surface area contributed by atoms with E-state index in [2.05, 4.69) is 72.0 Å². The Morgan fingerprint density at radius 2 is 1.81 bits per heavy atom. The quantitative estimate of drug-likeness (QED) is 0.602. The lowest BCUT2D eigenvalue weighted by Gasteiger charge is -2.36. The smallest absolute Gasteiger partial charge is 0.141 e. The first kappa shape index (κ1) is 16.2. The van der Waals surface area contributed by atoms with Gasteiger partial charge in [0.25, 0.3) is 0 Å². The van der Waals surface area contributed by atoms with Crippen LogP contribution < -0.4 is 0 Å². The lowest BCUT2D eigenvalue weighted by molar-refractivity contribution is -0.122. The van der Waals surface area contributed by atoms with Crippen molar-refractivity contribution in [1.29, 1.82) is 0 Å². The first-order chi connectivity index (χ1) is 12.8. The Balaban J connectivity index is 1.48. The first-order valence-electron chi connectivity index (χ1n) is 9.10. The van der Waals surface area contributed by atoms with Crippen LogP contribution >= 0.6 is 22.7 Å². The van der Waals surface area contributed by atoms with E-state index in [0.717, 1.165) is 0 Å². The summed E-state index contributed by atoms with van der Waals surface area (Å²) in [5.41, 5.74) is 1.27. The summed E-state index contributed by atoms with van der Waals surface area (Å²) in [7, 11) is 0. The molecular formula is C23H20OS2. The van der Waals surface area contributed by atoms with Crippen molar-refractivity contribution in [3.63, 3.8) is 0 Å². The number of Topliss-reactive ketones (excluding diaryl/α,β-unsaturated/α-hetero) is 1. The summed E-state index contributed by atoms with van der Waals surface area (Å²) in [6, 6.07) is 8.44. The van der Waals surface area contributed by atoms with Gasteiger partial charge in [0.15, 0.2) is 0 Å². The normalized spacial score (nSPS) is 35.1. The minimum absolute atomic E-state index is 0.0837. The SMILES string of the molecule is C=CC1C(C=Cc2cccs2)[C@@H]2C(=O)[C@H]1C1C=C(c3cccs3)C=CC12. The number of carbonyl (C=O) groups excluding carboxylic acids is 1. The van der Waals surface area contributed by atoms with Crippen molar-refractivity contribution in [3.8, 4) is 0 Å². The molecule has 2 aromatic rings. The molecule has 2 aromatic heterocycles. The number of allylic oxidation sites excluding steroid dienone is 6. The largest absolute Gasteiger partial charge is 0.299 e. The van der Waals surface area contributed by atoms with Crippen molar-refractivity contribution >= 4 is 40.1 Å². The summed E-state index contributed by atoms with van der Waals surface area (Å²) in [4.78, 5) is 15.7. The van der Waals surface area contributed by atoms with Crippen molar-refractivity contribution in [2.75, 3.05) is 0 Å². The Morgan fingerprint density at radius 1 is 1.00 bits per heavy atom. The van der Waals surface area contributed by atoms with E-state index in [9.17, 15) is 4.79 Å². The highest BCUT2D eigenvalue weighted by Crippen LogP contribution is 2.59. The van der Waals surface area contributed by atoms with Gasteiger partial charge >= 0.3 is 0 Å². The Kier molecular flexibility index (Phi) is 3.95. The summed E-state index contributed by atoms with van der Waals surface area (Å²) in [5, 5.41) is 4.20. The molecule has 26 heavy (non-hydrogen) atoms. The molecule has 0 amide bonds. The highest BCUT2D eigenvalue weighted by atomic mass is 32.1. The van der Waals surface area contributed by atoms with Gasteiger partial charge in [-0.3, -0.25) is 4.79 Å². The van der Waals surface area contributed by atoms with E-state index in [1.165, 1.54) is 15.3 Å². The number of ketones is 1. The van der Waals surface area contributed by atoms with Gasteiger partial charge in [0.05, 0.1) is 0 Å². The van der Waals surface area contributed by atoms with Crippen LogP contribution in [0.1, 0.15) is 9.75 Å². The molecule has 2 saturated carbocycles. The van der Waals surface area contributed by atoms with Gasteiger partial charge in [-0.25, -0.2) is 0 Å². The Hall–Kier alpha value is -1.97. The zero-order chi connectivity index (χ0) is 17.7. The third-order valence-corrected chi connectivity index (χ3v) is 7.93. The lowest BCUT2D eigenvalue weighted by atomic mass is 9.66. The van der Waals surface area contributed by atoms with Gasteiger partial charge in [-0.1, -0.05) is 42.5 Å². The average molecular weight is 377 g/mol. The number of hydrogen-bond donors (Lipinski definition) is 0. The summed E-state index contributed by atoms with van der Waals surface area (Å²) >= 11 is 3.50. The van der Waals surface area contributed by atoms with E-state index < -0.39 is 0 Å². The highest BCUT2D eigenvalue weighted by molar-refractivity contribution is 7.11. The number of rotatable bonds is 4. The van der Waals surface area contributed by atoms with Gasteiger partial charge in [-0.2, -0.15) is 0 Å². The van der Waals surface area contributed by atoms with Crippen molar-refractivity contribution in [2.45, 2.75) is 0 Å². The van der Waals surface area contributed by atoms with Crippen molar-refractivity contribution in [1.82, 2.24) is 0 Å².